The number of ether oxygens (including phenoxy) is 2. The average molecular weight is 294 g/mol. The minimum Gasteiger partial charge on any atom is -0.353 e. The van der Waals surface area contributed by atoms with Gasteiger partial charge in [-0.2, -0.15) is 0 Å². The third kappa shape index (κ3) is 1.83. The van der Waals surface area contributed by atoms with Crippen LogP contribution in [0.2, 0.25) is 0 Å². The topological polar surface area (TPSA) is 35.5 Å². The second-order valence-electron chi connectivity index (χ2n) is 7.80. The number of hydrogen-bond donors (Lipinski definition) is 0. The summed E-state index contributed by atoms with van der Waals surface area (Å²) in [5, 5.41) is 0. The highest BCUT2D eigenvalue weighted by Gasteiger charge is 2.74. The molecule has 0 bridgehead atoms. The van der Waals surface area contributed by atoms with Crippen LogP contribution >= 0.6 is 0 Å². The van der Waals surface area contributed by atoms with E-state index in [1.807, 2.05) is 13.8 Å². The van der Waals surface area contributed by atoms with Crippen molar-refractivity contribution in [2.24, 2.45) is 22.2 Å². The summed E-state index contributed by atoms with van der Waals surface area (Å²) in [5.74, 6) is 1.13. The highest BCUT2D eigenvalue weighted by atomic mass is 16.7. The van der Waals surface area contributed by atoms with Crippen molar-refractivity contribution in [2.45, 2.75) is 72.5 Å². The molecule has 2 unspecified atom stereocenters. The number of carbonyl (C=O) groups excluding carboxylic acids is 1. The second kappa shape index (κ2) is 5.06. The van der Waals surface area contributed by atoms with Crippen LogP contribution in [0.4, 0.5) is 0 Å². The summed E-state index contributed by atoms with van der Waals surface area (Å²) in [5.41, 5.74) is 0.166. The van der Waals surface area contributed by atoms with E-state index in [0.717, 1.165) is 6.42 Å². The molecule has 21 heavy (non-hydrogen) atoms. The van der Waals surface area contributed by atoms with Crippen LogP contribution in [-0.4, -0.2) is 25.3 Å². The fourth-order valence-electron chi connectivity index (χ4n) is 6.09. The summed E-state index contributed by atoms with van der Waals surface area (Å²) >= 11 is 0. The summed E-state index contributed by atoms with van der Waals surface area (Å²) in [6.45, 7) is 9.64. The molecule has 0 aromatic rings. The number of hydrogen-bond acceptors (Lipinski definition) is 3. The molecule has 3 nitrogen and oxygen atoms in total. The second-order valence-corrected chi connectivity index (χ2v) is 7.80. The maximum atomic E-state index is 12.9. The average Bonchev–Trinajstić information content (AvgIpc) is 2.99. The van der Waals surface area contributed by atoms with Crippen molar-refractivity contribution < 1.29 is 14.3 Å². The molecule has 0 aromatic heterocycles. The van der Waals surface area contributed by atoms with Gasteiger partial charge in [0.15, 0.2) is 6.29 Å². The van der Waals surface area contributed by atoms with Crippen molar-refractivity contribution >= 4 is 5.78 Å². The van der Waals surface area contributed by atoms with Gasteiger partial charge in [0.1, 0.15) is 5.78 Å². The van der Waals surface area contributed by atoms with E-state index in [1.54, 1.807) is 0 Å². The smallest absolute Gasteiger partial charge is 0.154 e. The highest BCUT2D eigenvalue weighted by molar-refractivity contribution is 5.90. The molecule has 3 fully saturated rings. The van der Waals surface area contributed by atoms with Gasteiger partial charge in [0.25, 0.3) is 0 Å². The monoisotopic (exact) mass is 294 g/mol. The number of Topliss-reactive ketones (excluding diaryl/α,β-unsaturated/α-hetero) is 1. The van der Waals surface area contributed by atoms with Crippen LogP contribution in [0, 0.1) is 22.2 Å². The molecule has 0 amide bonds. The molecule has 3 heteroatoms. The minimum atomic E-state index is -0.306. The van der Waals surface area contributed by atoms with Gasteiger partial charge in [-0.1, -0.05) is 13.3 Å². The molecule has 3 rings (SSSR count). The van der Waals surface area contributed by atoms with Crippen LogP contribution in [0.15, 0.2) is 0 Å². The third-order valence-electron chi connectivity index (χ3n) is 7.28. The first-order chi connectivity index (χ1) is 9.92. The lowest BCUT2D eigenvalue weighted by molar-refractivity contribution is -0.168. The molecule has 5 atom stereocenters. The lowest BCUT2D eigenvalue weighted by Crippen LogP contribution is -2.46. The van der Waals surface area contributed by atoms with E-state index in [-0.39, 0.29) is 22.5 Å². The van der Waals surface area contributed by atoms with E-state index in [2.05, 4.69) is 13.8 Å². The van der Waals surface area contributed by atoms with E-state index < -0.39 is 0 Å². The molecular weight excluding hydrogens is 264 g/mol. The number of ketones is 1. The molecule has 3 aliphatic carbocycles. The fraction of sp³-hybridized carbons (Fsp3) is 0.944. The standard InChI is InChI=1S/C18H30O3/c1-5-20-14(3)21-12-16(4)15(19)11-17-8-6-9-18(16,17)10-7-13(17)2/h13-14H,5-12H2,1-4H3/t13?,14?,16-,17-,18-/m0/s1. The van der Waals surface area contributed by atoms with E-state index in [4.69, 9.17) is 9.47 Å². The molecule has 0 spiro atoms. The van der Waals surface area contributed by atoms with Crippen molar-refractivity contribution in [1.82, 2.24) is 0 Å². The quantitative estimate of drug-likeness (QED) is 0.720. The molecular formula is C18H30O3. The Balaban J connectivity index is 1.86. The SMILES string of the molecule is CCOC(C)OC[C@@]1(C)C(=O)C[C@]23CCC[C@@]21CCC3C. The van der Waals surface area contributed by atoms with Crippen molar-refractivity contribution in [3.63, 3.8) is 0 Å². The van der Waals surface area contributed by atoms with Crippen LogP contribution in [0.1, 0.15) is 66.2 Å². The van der Waals surface area contributed by atoms with Gasteiger partial charge in [-0.05, 0) is 63.2 Å². The summed E-state index contributed by atoms with van der Waals surface area (Å²) in [6, 6.07) is 0. The Labute approximate surface area is 128 Å². The predicted octanol–water partition coefficient (Wildman–Crippen LogP) is 3.95. The van der Waals surface area contributed by atoms with Crippen molar-refractivity contribution in [2.75, 3.05) is 13.2 Å². The largest absolute Gasteiger partial charge is 0.353 e. The molecule has 3 aliphatic rings. The van der Waals surface area contributed by atoms with Crippen molar-refractivity contribution in [3.8, 4) is 0 Å². The van der Waals surface area contributed by atoms with E-state index in [1.165, 1.54) is 32.1 Å². The van der Waals surface area contributed by atoms with E-state index in [9.17, 15) is 4.79 Å². The number of carbonyl (C=O) groups is 1. The molecule has 3 saturated carbocycles. The minimum absolute atomic E-state index is 0.197. The molecule has 0 saturated heterocycles. The Morgan fingerprint density at radius 2 is 2.05 bits per heavy atom. The van der Waals surface area contributed by atoms with E-state index >= 15 is 0 Å². The molecule has 0 aliphatic heterocycles. The van der Waals surface area contributed by atoms with Gasteiger partial charge < -0.3 is 9.47 Å². The van der Waals surface area contributed by atoms with Gasteiger partial charge in [0, 0.05) is 13.0 Å². The maximum Gasteiger partial charge on any atom is 0.154 e. The van der Waals surface area contributed by atoms with Crippen LogP contribution in [0.25, 0.3) is 0 Å². The Hall–Kier alpha value is -0.410. The number of rotatable bonds is 5. The predicted molar refractivity (Wildman–Crippen MR) is 81.9 cm³/mol. The van der Waals surface area contributed by atoms with Crippen molar-refractivity contribution in [3.05, 3.63) is 0 Å². The molecule has 0 aromatic carbocycles. The summed E-state index contributed by atoms with van der Waals surface area (Å²) in [4.78, 5) is 12.9. The van der Waals surface area contributed by atoms with E-state index in [0.29, 0.717) is 24.9 Å². The third-order valence-corrected chi connectivity index (χ3v) is 7.28. The lowest BCUT2D eigenvalue weighted by atomic mass is 9.58. The van der Waals surface area contributed by atoms with Gasteiger partial charge >= 0.3 is 0 Å². The first-order valence-electron chi connectivity index (χ1n) is 8.68. The summed E-state index contributed by atoms with van der Waals surface area (Å²) < 4.78 is 11.4. The normalized spacial score (nSPS) is 46.7. The van der Waals surface area contributed by atoms with Gasteiger partial charge in [0.2, 0.25) is 0 Å². The molecule has 0 heterocycles. The van der Waals surface area contributed by atoms with Gasteiger partial charge in [0.05, 0.1) is 12.0 Å². The van der Waals surface area contributed by atoms with Gasteiger partial charge in [-0.3, -0.25) is 4.79 Å². The summed E-state index contributed by atoms with van der Waals surface area (Å²) in [6.07, 6.45) is 6.81. The van der Waals surface area contributed by atoms with Crippen LogP contribution in [0.3, 0.4) is 0 Å². The maximum absolute atomic E-state index is 12.9. The Bertz CT molecular complexity index is 434. The zero-order valence-electron chi connectivity index (χ0n) is 14.0. The summed E-state index contributed by atoms with van der Waals surface area (Å²) in [7, 11) is 0. The van der Waals surface area contributed by atoms with Crippen LogP contribution in [-0.2, 0) is 14.3 Å². The molecule has 0 radical (unpaired) electrons. The zero-order valence-corrected chi connectivity index (χ0v) is 14.0. The molecule has 120 valence electrons. The Morgan fingerprint density at radius 1 is 1.29 bits per heavy atom. The Kier molecular flexibility index (Phi) is 3.73. The zero-order chi connectivity index (χ0) is 15.3. The lowest BCUT2D eigenvalue weighted by Gasteiger charge is -2.45. The highest BCUT2D eigenvalue weighted by Crippen LogP contribution is 2.77. The van der Waals surface area contributed by atoms with Crippen LogP contribution in [0.5, 0.6) is 0 Å². The first kappa shape index (κ1) is 15.5. The first-order valence-corrected chi connectivity index (χ1v) is 8.68. The van der Waals surface area contributed by atoms with Gasteiger partial charge in [-0.15, -0.1) is 0 Å². The van der Waals surface area contributed by atoms with Crippen LogP contribution < -0.4 is 0 Å². The Morgan fingerprint density at radius 3 is 2.76 bits per heavy atom. The fourth-order valence-corrected chi connectivity index (χ4v) is 6.09. The van der Waals surface area contributed by atoms with Gasteiger partial charge in [-0.25, -0.2) is 0 Å². The molecule has 0 N–H and O–H groups in total. The van der Waals surface area contributed by atoms with Crippen molar-refractivity contribution in [1.29, 1.82) is 0 Å².